The molecule has 22 heavy (non-hydrogen) atoms. The number of aliphatic carboxylic acids is 1. The molecule has 0 aromatic carbocycles. The van der Waals surface area contributed by atoms with Gasteiger partial charge in [-0.1, -0.05) is 101 Å². The first-order chi connectivity index (χ1) is 10.2. The van der Waals surface area contributed by atoms with Gasteiger partial charge in [-0.15, -0.1) is 0 Å². The third kappa shape index (κ3) is 19.9. The lowest BCUT2D eigenvalue weighted by Crippen LogP contribution is -1.99. The highest BCUT2D eigenvalue weighted by Crippen LogP contribution is 2.19. The first-order valence-corrected chi connectivity index (χ1v) is 9.94. The standard InChI is InChI=1S/C18H35BrO2.CH4/c1-2-3-4-5-6-7-8-9-11-14-17(19)15-12-10-13-16-18(20)21;/h17H,2-16H2,1H3,(H,20,21);1H4. The Morgan fingerprint density at radius 1 is 0.818 bits per heavy atom. The van der Waals surface area contributed by atoms with E-state index >= 15 is 0 Å². The lowest BCUT2D eigenvalue weighted by molar-refractivity contribution is -0.137. The topological polar surface area (TPSA) is 37.3 Å². The summed E-state index contributed by atoms with van der Waals surface area (Å²) in [7, 11) is 0. The highest BCUT2D eigenvalue weighted by molar-refractivity contribution is 9.09. The largest absolute Gasteiger partial charge is 0.481 e. The molecule has 0 radical (unpaired) electrons. The van der Waals surface area contributed by atoms with Crippen molar-refractivity contribution in [1.82, 2.24) is 0 Å². The highest BCUT2D eigenvalue weighted by atomic mass is 79.9. The Kier molecular flexibility index (Phi) is 20.9. The summed E-state index contributed by atoms with van der Waals surface area (Å²) in [6, 6.07) is 0. The normalized spacial score (nSPS) is 11.9. The van der Waals surface area contributed by atoms with E-state index in [1.165, 1.54) is 70.6 Å². The zero-order chi connectivity index (χ0) is 15.8. The summed E-state index contributed by atoms with van der Waals surface area (Å²) >= 11 is 3.75. The molecule has 2 nitrogen and oxygen atoms in total. The number of unbranched alkanes of at least 4 members (excludes halogenated alkanes) is 10. The van der Waals surface area contributed by atoms with Gasteiger partial charge >= 0.3 is 5.97 Å². The first-order valence-electron chi connectivity index (χ1n) is 9.02. The van der Waals surface area contributed by atoms with Gasteiger partial charge in [0.05, 0.1) is 0 Å². The molecule has 0 fully saturated rings. The van der Waals surface area contributed by atoms with Gasteiger partial charge in [-0.25, -0.2) is 0 Å². The lowest BCUT2D eigenvalue weighted by Gasteiger charge is -2.09. The second-order valence-corrected chi connectivity index (χ2v) is 7.50. The molecule has 1 N–H and O–H groups in total. The van der Waals surface area contributed by atoms with E-state index in [0.29, 0.717) is 11.2 Å². The Balaban J connectivity index is 0. The molecule has 0 aromatic rings. The highest BCUT2D eigenvalue weighted by Gasteiger charge is 2.04. The molecule has 0 aromatic heterocycles. The predicted molar refractivity (Wildman–Crippen MR) is 102 cm³/mol. The number of carbonyl (C=O) groups is 1. The summed E-state index contributed by atoms with van der Waals surface area (Å²) in [5.41, 5.74) is 0. The molecular weight excluding hydrogens is 340 g/mol. The molecule has 1 unspecified atom stereocenters. The number of rotatable bonds is 16. The van der Waals surface area contributed by atoms with E-state index in [0.717, 1.165) is 19.3 Å². The summed E-state index contributed by atoms with van der Waals surface area (Å²) in [4.78, 5) is 11.0. The molecule has 3 heteroatoms. The molecule has 134 valence electrons. The Bertz CT molecular complexity index is 231. The van der Waals surface area contributed by atoms with E-state index < -0.39 is 5.97 Å². The molecular formula is C19H39BrO2. The fourth-order valence-electron chi connectivity index (χ4n) is 2.64. The summed E-state index contributed by atoms with van der Waals surface area (Å²) in [5, 5.41) is 8.56. The van der Waals surface area contributed by atoms with E-state index in [1.807, 2.05) is 0 Å². The summed E-state index contributed by atoms with van der Waals surface area (Å²) in [6.45, 7) is 2.27. The zero-order valence-electron chi connectivity index (χ0n) is 13.9. The van der Waals surface area contributed by atoms with Gasteiger partial charge in [-0.2, -0.15) is 0 Å². The second-order valence-electron chi connectivity index (χ2n) is 6.21. The van der Waals surface area contributed by atoms with Crippen LogP contribution in [0, 0.1) is 0 Å². The van der Waals surface area contributed by atoms with Gasteiger partial charge in [-0.05, 0) is 19.3 Å². The molecule has 0 amide bonds. The van der Waals surface area contributed by atoms with Crippen molar-refractivity contribution < 1.29 is 9.90 Å². The third-order valence-electron chi connectivity index (χ3n) is 4.03. The van der Waals surface area contributed by atoms with Crippen LogP contribution in [0.1, 0.15) is 111 Å². The van der Waals surface area contributed by atoms with Crippen LogP contribution >= 0.6 is 15.9 Å². The van der Waals surface area contributed by atoms with Gasteiger partial charge in [0.25, 0.3) is 0 Å². The summed E-state index contributed by atoms with van der Waals surface area (Å²) in [6.07, 6.45) is 18.3. The van der Waals surface area contributed by atoms with Crippen LogP contribution in [0.2, 0.25) is 0 Å². The minimum atomic E-state index is -0.667. The van der Waals surface area contributed by atoms with Gasteiger partial charge in [0, 0.05) is 11.2 Å². The zero-order valence-corrected chi connectivity index (χ0v) is 15.5. The molecule has 0 heterocycles. The molecule has 0 aliphatic rings. The van der Waals surface area contributed by atoms with Crippen molar-refractivity contribution in [3.63, 3.8) is 0 Å². The van der Waals surface area contributed by atoms with Crippen LogP contribution in [-0.2, 0) is 4.79 Å². The Morgan fingerprint density at radius 2 is 1.23 bits per heavy atom. The van der Waals surface area contributed by atoms with Gasteiger partial charge in [-0.3, -0.25) is 4.79 Å². The van der Waals surface area contributed by atoms with Crippen LogP contribution in [0.5, 0.6) is 0 Å². The number of hydrogen-bond donors (Lipinski definition) is 1. The molecule has 1 atom stereocenters. The number of carboxylic acids is 1. The van der Waals surface area contributed by atoms with Crippen molar-refractivity contribution in [2.75, 3.05) is 0 Å². The van der Waals surface area contributed by atoms with Crippen LogP contribution in [0.25, 0.3) is 0 Å². The first kappa shape index (κ1) is 24.2. The molecule has 0 aliphatic heterocycles. The van der Waals surface area contributed by atoms with Crippen LogP contribution in [0.3, 0.4) is 0 Å². The predicted octanol–water partition coefficient (Wildman–Crippen LogP) is 7.34. The van der Waals surface area contributed by atoms with Crippen molar-refractivity contribution in [3.05, 3.63) is 0 Å². The maximum absolute atomic E-state index is 10.4. The van der Waals surface area contributed by atoms with Crippen LogP contribution in [-0.4, -0.2) is 15.9 Å². The van der Waals surface area contributed by atoms with Crippen molar-refractivity contribution >= 4 is 21.9 Å². The van der Waals surface area contributed by atoms with Crippen molar-refractivity contribution in [1.29, 1.82) is 0 Å². The Morgan fingerprint density at radius 3 is 1.68 bits per heavy atom. The number of alkyl halides is 1. The summed E-state index contributed by atoms with van der Waals surface area (Å²) in [5.74, 6) is -0.667. The smallest absolute Gasteiger partial charge is 0.303 e. The Hall–Kier alpha value is -0.0500. The average Bonchev–Trinajstić information content (AvgIpc) is 2.45. The van der Waals surface area contributed by atoms with E-state index in [-0.39, 0.29) is 7.43 Å². The van der Waals surface area contributed by atoms with E-state index in [2.05, 4.69) is 22.9 Å². The maximum Gasteiger partial charge on any atom is 0.303 e. The van der Waals surface area contributed by atoms with Gasteiger partial charge in [0.1, 0.15) is 0 Å². The molecule has 0 aliphatic carbocycles. The molecule has 0 spiro atoms. The molecule has 0 bridgehead atoms. The number of carboxylic acid groups (broad SMARTS) is 1. The van der Waals surface area contributed by atoms with Crippen molar-refractivity contribution in [2.24, 2.45) is 0 Å². The quantitative estimate of drug-likeness (QED) is 0.225. The fourth-order valence-corrected chi connectivity index (χ4v) is 3.29. The van der Waals surface area contributed by atoms with Crippen LogP contribution < -0.4 is 0 Å². The third-order valence-corrected chi connectivity index (χ3v) is 4.94. The van der Waals surface area contributed by atoms with E-state index in [9.17, 15) is 4.79 Å². The maximum atomic E-state index is 10.4. The SMILES string of the molecule is C.CCCCCCCCCCCC(Br)CCCCCC(=O)O. The molecule has 0 saturated carbocycles. The monoisotopic (exact) mass is 378 g/mol. The van der Waals surface area contributed by atoms with Gasteiger partial charge in [0.15, 0.2) is 0 Å². The van der Waals surface area contributed by atoms with Gasteiger partial charge in [0.2, 0.25) is 0 Å². The number of hydrogen-bond acceptors (Lipinski definition) is 1. The van der Waals surface area contributed by atoms with E-state index in [4.69, 9.17) is 5.11 Å². The van der Waals surface area contributed by atoms with Crippen molar-refractivity contribution in [3.8, 4) is 0 Å². The molecule has 0 rings (SSSR count). The lowest BCUT2D eigenvalue weighted by atomic mass is 10.0. The fraction of sp³-hybridized carbons (Fsp3) is 0.947. The summed E-state index contributed by atoms with van der Waals surface area (Å²) < 4.78 is 0. The molecule has 0 saturated heterocycles. The van der Waals surface area contributed by atoms with Gasteiger partial charge < -0.3 is 5.11 Å². The van der Waals surface area contributed by atoms with E-state index in [1.54, 1.807) is 0 Å². The second kappa shape index (κ2) is 19.0. The minimum Gasteiger partial charge on any atom is -0.481 e. The van der Waals surface area contributed by atoms with Crippen molar-refractivity contribution in [2.45, 2.75) is 115 Å². The average molecular weight is 379 g/mol. The van der Waals surface area contributed by atoms with Crippen LogP contribution in [0.4, 0.5) is 0 Å². The number of halogens is 1. The van der Waals surface area contributed by atoms with Crippen LogP contribution in [0.15, 0.2) is 0 Å². The minimum absolute atomic E-state index is 0. The Labute approximate surface area is 147 Å².